The van der Waals surface area contributed by atoms with Gasteiger partial charge in [-0.05, 0) is 23.1 Å². The zero-order valence-corrected chi connectivity index (χ0v) is 18.3. The van der Waals surface area contributed by atoms with Crippen LogP contribution in [-0.4, -0.2) is 54.0 Å². The van der Waals surface area contributed by atoms with Crippen LogP contribution in [0.25, 0.3) is 0 Å². The van der Waals surface area contributed by atoms with Crippen LogP contribution < -0.4 is 0 Å². The van der Waals surface area contributed by atoms with Crippen molar-refractivity contribution >= 4 is 11.9 Å². The maximum absolute atomic E-state index is 13.4. The van der Waals surface area contributed by atoms with Crippen molar-refractivity contribution in [1.29, 1.82) is 0 Å². The number of hydrogen-bond acceptors (Lipinski definition) is 5. The second kappa shape index (κ2) is 9.62. The molecule has 1 fully saturated rings. The molecule has 2 aliphatic rings. The van der Waals surface area contributed by atoms with E-state index in [0.29, 0.717) is 44.3 Å². The number of fused-ring (bicyclic) bond motifs is 1. The largest absolute Gasteiger partial charge is 0.457 e. The van der Waals surface area contributed by atoms with E-state index in [0.717, 1.165) is 24.2 Å². The van der Waals surface area contributed by atoms with E-state index in [2.05, 4.69) is 30.9 Å². The van der Waals surface area contributed by atoms with Crippen molar-refractivity contribution in [2.24, 2.45) is 5.92 Å². The van der Waals surface area contributed by atoms with Gasteiger partial charge in [0.1, 0.15) is 12.7 Å². The van der Waals surface area contributed by atoms with Gasteiger partial charge < -0.3 is 14.4 Å². The molecule has 164 valence electrons. The average molecular weight is 423 g/mol. The Hall–Kier alpha value is -2.70. The molecular formula is C25H30N2O4. The number of nitrogens with zero attached hydrogens (tertiary/aromatic N) is 2. The molecule has 1 atom stereocenters. The summed E-state index contributed by atoms with van der Waals surface area (Å²) in [5.41, 5.74) is 3.68. The number of hydrogen-bond donors (Lipinski definition) is 0. The number of amides is 1. The van der Waals surface area contributed by atoms with E-state index >= 15 is 0 Å². The lowest BCUT2D eigenvalue weighted by atomic mass is 10.0. The molecule has 0 aliphatic carbocycles. The minimum absolute atomic E-state index is 0.00883. The number of rotatable bonds is 7. The molecule has 31 heavy (non-hydrogen) atoms. The molecule has 2 aliphatic heterocycles. The lowest BCUT2D eigenvalue weighted by Crippen LogP contribution is -2.51. The summed E-state index contributed by atoms with van der Waals surface area (Å²) in [6.45, 7) is 8.38. The van der Waals surface area contributed by atoms with E-state index in [1.165, 1.54) is 5.56 Å². The maximum Gasteiger partial charge on any atom is 0.338 e. The first kappa shape index (κ1) is 21.5. The fourth-order valence-corrected chi connectivity index (χ4v) is 4.19. The predicted molar refractivity (Wildman–Crippen MR) is 117 cm³/mol. The molecule has 0 spiro atoms. The lowest BCUT2D eigenvalue weighted by molar-refractivity contribution is -0.151. The van der Waals surface area contributed by atoms with Gasteiger partial charge in [0, 0.05) is 38.3 Å². The highest BCUT2D eigenvalue weighted by Gasteiger charge is 2.31. The van der Waals surface area contributed by atoms with Crippen LogP contribution in [0.4, 0.5) is 0 Å². The number of morpholine rings is 1. The molecule has 0 N–H and O–H groups in total. The SMILES string of the molecule is CC(C)CN(Cc1ccc2c(c1)C(=O)OC2)C(=O)C1CN(Cc2ccccc2)CCO1. The molecule has 0 aromatic heterocycles. The lowest BCUT2D eigenvalue weighted by Gasteiger charge is -2.35. The van der Waals surface area contributed by atoms with Gasteiger partial charge in [0.05, 0.1) is 12.2 Å². The van der Waals surface area contributed by atoms with E-state index in [9.17, 15) is 9.59 Å². The number of cyclic esters (lactones) is 1. The summed E-state index contributed by atoms with van der Waals surface area (Å²) in [7, 11) is 0. The molecule has 0 saturated carbocycles. The van der Waals surface area contributed by atoms with Crippen molar-refractivity contribution in [3.63, 3.8) is 0 Å². The van der Waals surface area contributed by atoms with E-state index in [1.807, 2.05) is 41.3 Å². The van der Waals surface area contributed by atoms with Gasteiger partial charge in [-0.25, -0.2) is 4.79 Å². The van der Waals surface area contributed by atoms with Gasteiger partial charge in [0.15, 0.2) is 0 Å². The highest BCUT2D eigenvalue weighted by molar-refractivity contribution is 5.93. The molecule has 2 heterocycles. The zero-order valence-electron chi connectivity index (χ0n) is 18.3. The molecular weight excluding hydrogens is 392 g/mol. The average Bonchev–Trinajstić information content (AvgIpc) is 3.13. The van der Waals surface area contributed by atoms with Crippen LogP contribution in [0.5, 0.6) is 0 Å². The highest BCUT2D eigenvalue weighted by Crippen LogP contribution is 2.23. The Morgan fingerprint density at radius 3 is 2.74 bits per heavy atom. The first-order chi connectivity index (χ1) is 15.0. The molecule has 1 saturated heterocycles. The Labute approximate surface area is 183 Å². The third-order valence-electron chi connectivity index (χ3n) is 5.70. The summed E-state index contributed by atoms with van der Waals surface area (Å²) >= 11 is 0. The Balaban J connectivity index is 1.45. The van der Waals surface area contributed by atoms with Crippen LogP contribution in [0.3, 0.4) is 0 Å². The van der Waals surface area contributed by atoms with Crippen molar-refractivity contribution in [2.45, 2.75) is 39.6 Å². The van der Waals surface area contributed by atoms with Gasteiger partial charge in [0.2, 0.25) is 0 Å². The van der Waals surface area contributed by atoms with Crippen LogP contribution in [0.2, 0.25) is 0 Å². The van der Waals surface area contributed by atoms with Crippen LogP contribution in [0.15, 0.2) is 48.5 Å². The first-order valence-corrected chi connectivity index (χ1v) is 10.9. The van der Waals surface area contributed by atoms with Gasteiger partial charge in [-0.3, -0.25) is 9.69 Å². The standard InChI is InChI=1S/C25H30N2O4/c1-18(2)13-27(15-20-8-9-21-17-31-25(29)22(21)12-20)24(28)23-16-26(10-11-30-23)14-19-6-4-3-5-7-19/h3-9,12,18,23H,10-11,13-17H2,1-2H3. The molecule has 0 radical (unpaired) electrons. The quantitative estimate of drug-likeness (QED) is 0.641. The topological polar surface area (TPSA) is 59.1 Å². The Morgan fingerprint density at radius 1 is 1.16 bits per heavy atom. The molecule has 1 amide bonds. The molecule has 2 aromatic carbocycles. The predicted octanol–water partition coefficient (Wildman–Crippen LogP) is 3.24. The summed E-state index contributed by atoms with van der Waals surface area (Å²) in [6, 6.07) is 16.1. The minimum atomic E-state index is -0.476. The number of carbonyl (C=O) groups is 2. The van der Waals surface area contributed by atoms with Crippen LogP contribution in [-0.2, 0) is 34.0 Å². The minimum Gasteiger partial charge on any atom is -0.457 e. The van der Waals surface area contributed by atoms with Crippen molar-refractivity contribution in [2.75, 3.05) is 26.2 Å². The highest BCUT2D eigenvalue weighted by atomic mass is 16.5. The summed E-state index contributed by atoms with van der Waals surface area (Å²) in [4.78, 5) is 29.5. The maximum atomic E-state index is 13.4. The van der Waals surface area contributed by atoms with Gasteiger partial charge in [-0.15, -0.1) is 0 Å². The molecule has 2 aromatic rings. The van der Waals surface area contributed by atoms with Gasteiger partial charge in [-0.1, -0.05) is 56.3 Å². The van der Waals surface area contributed by atoms with E-state index in [-0.39, 0.29) is 11.9 Å². The van der Waals surface area contributed by atoms with Crippen molar-refractivity contribution in [3.8, 4) is 0 Å². The molecule has 0 bridgehead atoms. The molecule has 6 heteroatoms. The monoisotopic (exact) mass is 422 g/mol. The summed E-state index contributed by atoms with van der Waals surface area (Å²) in [5.74, 6) is 0.0487. The van der Waals surface area contributed by atoms with Crippen LogP contribution in [0.1, 0.15) is 40.9 Å². The summed E-state index contributed by atoms with van der Waals surface area (Å²) < 4.78 is 11.0. The van der Waals surface area contributed by atoms with Crippen LogP contribution in [0, 0.1) is 5.92 Å². The van der Waals surface area contributed by atoms with E-state index in [1.54, 1.807) is 0 Å². The smallest absolute Gasteiger partial charge is 0.338 e. The second-order valence-electron chi connectivity index (χ2n) is 8.76. The molecule has 1 unspecified atom stereocenters. The number of esters is 1. The summed E-state index contributed by atoms with van der Waals surface area (Å²) in [5, 5.41) is 0. The van der Waals surface area contributed by atoms with E-state index in [4.69, 9.17) is 9.47 Å². The zero-order chi connectivity index (χ0) is 21.8. The summed E-state index contributed by atoms with van der Waals surface area (Å²) in [6.07, 6.45) is -0.476. The van der Waals surface area contributed by atoms with Gasteiger partial charge in [-0.2, -0.15) is 0 Å². The first-order valence-electron chi connectivity index (χ1n) is 10.9. The Bertz CT molecular complexity index is 928. The fourth-order valence-electron chi connectivity index (χ4n) is 4.19. The fraction of sp³-hybridized carbons (Fsp3) is 0.440. The van der Waals surface area contributed by atoms with E-state index < -0.39 is 6.10 Å². The normalized spacial score (nSPS) is 18.7. The third-order valence-corrected chi connectivity index (χ3v) is 5.70. The molecule has 6 nitrogen and oxygen atoms in total. The number of ether oxygens (including phenoxy) is 2. The van der Waals surface area contributed by atoms with Crippen LogP contribution >= 0.6 is 0 Å². The third kappa shape index (κ3) is 5.32. The Kier molecular flexibility index (Phi) is 6.68. The molecule has 4 rings (SSSR count). The Morgan fingerprint density at radius 2 is 1.97 bits per heavy atom. The number of benzene rings is 2. The second-order valence-corrected chi connectivity index (χ2v) is 8.76. The van der Waals surface area contributed by atoms with Crippen molar-refractivity contribution in [3.05, 3.63) is 70.8 Å². The van der Waals surface area contributed by atoms with Crippen molar-refractivity contribution in [1.82, 2.24) is 9.80 Å². The van der Waals surface area contributed by atoms with Crippen molar-refractivity contribution < 1.29 is 19.1 Å². The van der Waals surface area contributed by atoms with Gasteiger partial charge in [0.25, 0.3) is 5.91 Å². The van der Waals surface area contributed by atoms with Gasteiger partial charge >= 0.3 is 5.97 Å². The number of carbonyl (C=O) groups excluding carboxylic acids is 2.